The number of halogens is 4. The van der Waals surface area contributed by atoms with Gasteiger partial charge in [-0.3, -0.25) is 0 Å². The average Bonchev–Trinajstić information content (AvgIpc) is 2.45. The van der Waals surface area contributed by atoms with Crippen LogP contribution in [0.15, 0.2) is 29.3 Å². The van der Waals surface area contributed by atoms with Crippen molar-refractivity contribution in [3.05, 3.63) is 29.8 Å². The van der Waals surface area contributed by atoms with Crippen LogP contribution in [0.1, 0.15) is 19.4 Å². The van der Waals surface area contributed by atoms with Crippen molar-refractivity contribution in [1.82, 2.24) is 10.6 Å². The Labute approximate surface area is 157 Å². The number of guanidine groups is 1. The number of alkyl halides is 3. The van der Waals surface area contributed by atoms with Gasteiger partial charge in [0.05, 0.1) is 13.2 Å². The maximum Gasteiger partial charge on any atom is 0.573 e. The molecule has 0 heterocycles. The molecule has 0 saturated heterocycles. The number of benzene rings is 1. The molecule has 0 spiro atoms. The third kappa shape index (κ3) is 9.16. The van der Waals surface area contributed by atoms with Gasteiger partial charge in [0.2, 0.25) is 0 Å². The first-order valence-electron chi connectivity index (χ1n) is 7.23. The molecule has 0 saturated carbocycles. The van der Waals surface area contributed by atoms with E-state index in [2.05, 4.69) is 20.4 Å². The summed E-state index contributed by atoms with van der Waals surface area (Å²) in [5, 5.41) is 6.14. The molecule has 5 nitrogen and oxygen atoms in total. The lowest BCUT2D eigenvalue weighted by Gasteiger charge is -2.17. The second kappa shape index (κ2) is 11.3. The van der Waals surface area contributed by atoms with Gasteiger partial charge in [0.25, 0.3) is 0 Å². The van der Waals surface area contributed by atoms with E-state index in [0.717, 1.165) is 0 Å². The Bertz CT molecular complexity index is 513. The molecule has 24 heavy (non-hydrogen) atoms. The highest BCUT2D eigenvalue weighted by Crippen LogP contribution is 2.26. The van der Waals surface area contributed by atoms with Crippen molar-refractivity contribution < 1.29 is 22.6 Å². The normalized spacial score (nSPS) is 13.0. The van der Waals surface area contributed by atoms with Crippen LogP contribution in [-0.4, -0.2) is 38.6 Å². The fourth-order valence-electron chi connectivity index (χ4n) is 1.87. The van der Waals surface area contributed by atoms with Crippen molar-refractivity contribution in [2.24, 2.45) is 4.99 Å². The highest BCUT2D eigenvalue weighted by molar-refractivity contribution is 14.0. The summed E-state index contributed by atoms with van der Waals surface area (Å²) in [5.74, 6) is 0.253. The van der Waals surface area contributed by atoms with E-state index in [-0.39, 0.29) is 42.3 Å². The summed E-state index contributed by atoms with van der Waals surface area (Å²) in [6.45, 7) is 4.99. The summed E-state index contributed by atoms with van der Waals surface area (Å²) >= 11 is 0. The lowest BCUT2D eigenvalue weighted by Crippen LogP contribution is -2.43. The Morgan fingerprint density at radius 3 is 2.54 bits per heavy atom. The molecule has 9 heteroatoms. The highest BCUT2D eigenvalue weighted by atomic mass is 127. The lowest BCUT2D eigenvalue weighted by atomic mass is 10.2. The van der Waals surface area contributed by atoms with Gasteiger partial charge >= 0.3 is 6.36 Å². The maximum absolute atomic E-state index is 12.4. The number of methoxy groups -OCH3 is 1. The average molecular weight is 461 g/mol. The number of nitrogens with zero attached hydrogens (tertiary/aromatic N) is 1. The smallest absolute Gasteiger partial charge is 0.405 e. The first-order valence-corrected chi connectivity index (χ1v) is 7.23. The van der Waals surface area contributed by atoms with Gasteiger partial charge in [0, 0.05) is 25.3 Å². The molecule has 0 amide bonds. The second-order valence-corrected chi connectivity index (χ2v) is 4.85. The van der Waals surface area contributed by atoms with Crippen LogP contribution < -0.4 is 15.4 Å². The van der Waals surface area contributed by atoms with Crippen molar-refractivity contribution in [3.8, 4) is 5.75 Å². The van der Waals surface area contributed by atoms with Gasteiger partial charge < -0.3 is 20.1 Å². The summed E-state index contributed by atoms with van der Waals surface area (Å²) in [6.07, 6.45) is -4.73. The first-order chi connectivity index (χ1) is 10.9. The number of ether oxygens (including phenoxy) is 2. The Hall–Kier alpha value is -1.23. The Kier molecular flexibility index (Phi) is 10.8. The molecule has 1 unspecified atom stereocenters. The minimum absolute atomic E-state index is 0. The number of rotatable bonds is 7. The summed E-state index contributed by atoms with van der Waals surface area (Å²) in [4.78, 5) is 4.29. The van der Waals surface area contributed by atoms with E-state index in [1.54, 1.807) is 19.2 Å². The Balaban J connectivity index is 0.00000529. The number of hydrogen-bond acceptors (Lipinski definition) is 3. The molecule has 0 bridgehead atoms. The summed E-state index contributed by atoms with van der Waals surface area (Å²) in [6, 6.07) is 5.96. The van der Waals surface area contributed by atoms with Crippen LogP contribution in [0.5, 0.6) is 5.75 Å². The molecule has 1 aromatic carbocycles. The first kappa shape index (κ1) is 22.8. The number of hydrogen-bond donors (Lipinski definition) is 2. The van der Waals surface area contributed by atoms with Gasteiger partial charge in [-0.2, -0.15) is 0 Å². The van der Waals surface area contributed by atoms with Gasteiger partial charge in [-0.1, -0.05) is 18.2 Å². The van der Waals surface area contributed by atoms with E-state index in [0.29, 0.717) is 24.7 Å². The highest BCUT2D eigenvalue weighted by Gasteiger charge is 2.31. The zero-order valence-electron chi connectivity index (χ0n) is 13.8. The predicted molar refractivity (Wildman–Crippen MR) is 97.8 cm³/mol. The van der Waals surface area contributed by atoms with Crippen LogP contribution >= 0.6 is 24.0 Å². The molecular formula is C15H23F3IN3O2. The van der Waals surface area contributed by atoms with Crippen molar-refractivity contribution in [3.63, 3.8) is 0 Å². The van der Waals surface area contributed by atoms with Crippen LogP contribution in [-0.2, 0) is 11.3 Å². The zero-order chi connectivity index (χ0) is 17.3. The number of aliphatic imine (C=N–C) groups is 1. The SMILES string of the molecule is CCNC(=NCc1ccccc1OC(F)(F)F)NC(C)COC.I. The maximum atomic E-state index is 12.4. The topological polar surface area (TPSA) is 54.9 Å². The van der Waals surface area contributed by atoms with Gasteiger partial charge in [0.15, 0.2) is 5.96 Å². The quantitative estimate of drug-likeness (QED) is 0.372. The molecule has 0 aliphatic heterocycles. The largest absolute Gasteiger partial charge is 0.573 e. The molecule has 1 atom stereocenters. The molecule has 1 rings (SSSR count). The third-order valence-electron chi connectivity index (χ3n) is 2.75. The van der Waals surface area contributed by atoms with Crippen LogP contribution in [0.3, 0.4) is 0 Å². The van der Waals surface area contributed by atoms with Crippen LogP contribution in [0.25, 0.3) is 0 Å². The molecule has 0 aromatic heterocycles. The Morgan fingerprint density at radius 1 is 1.29 bits per heavy atom. The summed E-state index contributed by atoms with van der Waals surface area (Å²) < 4.78 is 46.2. The third-order valence-corrected chi connectivity index (χ3v) is 2.75. The minimum atomic E-state index is -4.73. The standard InChI is InChI=1S/C15H22F3N3O2.HI/c1-4-19-14(21-11(2)10-22-3)20-9-12-7-5-6-8-13(12)23-15(16,17)18;/h5-8,11H,4,9-10H2,1-3H3,(H2,19,20,21);1H. The number of nitrogens with one attached hydrogen (secondary N) is 2. The van der Waals surface area contributed by atoms with Gasteiger partial charge in [-0.05, 0) is 19.9 Å². The molecule has 0 aliphatic rings. The van der Waals surface area contributed by atoms with Crippen molar-refractivity contribution in [1.29, 1.82) is 0 Å². The Morgan fingerprint density at radius 2 is 1.96 bits per heavy atom. The van der Waals surface area contributed by atoms with Gasteiger partial charge in [0.1, 0.15) is 5.75 Å². The van der Waals surface area contributed by atoms with Gasteiger partial charge in [-0.15, -0.1) is 37.1 Å². The molecule has 1 aromatic rings. The fraction of sp³-hybridized carbons (Fsp3) is 0.533. The van der Waals surface area contributed by atoms with Crippen LogP contribution in [0, 0.1) is 0 Å². The van der Waals surface area contributed by atoms with E-state index in [4.69, 9.17) is 4.74 Å². The molecular weight excluding hydrogens is 438 g/mol. The fourth-order valence-corrected chi connectivity index (χ4v) is 1.87. The molecule has 138 valence electrons. The lowest BCUT2D eigenvalue weighted by molar-refractivity contribution is -0.274. The number of para-hydroxylation sites is 1. The monoisotopic (exact) mass is 461 g/mol. The van der Waals surface area contributed by atoms with E-state index in [9.17, 15) is 13.2 Å². The van der Waals surface area contributed by atoms with E-state index in [1.165, 1.54) is 12.1 Å². The van der Waals surface area contributed by atoms with Gasteiger partial charge in [-0.25, -0.2) is 4.99 Å². The van der Waals surface area contributed by atoms with Crippen LogP contribution in [0.2, 0.25) is 0 Å². The molecule has 2 N–H and O–H groups in total. The predicted octanol–water partition coefficient (Wildman–Crippen LogP) is 3.29. The van der Waals surface area contributed by atoms with Crippen molar-refractivity contribution >= 4 is 29.9 Å². The minimum Gasteiger partial charge on any atom is -0.405 e. The molecule has 0 radical (unpaired) electrons. The molecule has 0 fully saturated rings. The van der Waals surface area contributed by atoms with E-state index in [1.807, 2.05) is 13.8 Å². The molecule has 0 aliphatic carbocycles. The van der Waals surface area contributed by atoms with E-state index >= 15 is 0 Å². The van der Waals surface area contributed by atoms with E-state index < -0.39 is 6.36 Å². The second-order valence-electron chi connectivity index (χ2n) is 4.85. The van der Waals surface area contributed by atoms with Crippen molar-refractivity contribution in [2.45, 2.75) is 32.8 Å². The van der Waals surface area contributed by atoms with Crippen LogP contribution in [0.4, 0.5) is 13.2 Å². The van der Waals surface area contributed by atoms with Crippen molar-refractivity contribution in [2.75, 3.05) is 20.3 Å². The summed E-state index contributed by atoms with van der Waals surface area (Å²) in [7, 11) is 1.59. The summed E-state index contributed by atoms with van der Waals surface area (Å²) in [5.41, 5.74) is 0.349. The zero-order valence-corrected chi connectivity index (χ0v) is 16.1.